The molecule has 0 aliphatic carbocycles. The molecule has 1 fully saturated rings. The zero-order valence-corrected chi connectivity index (χ0v) is 14.1. The summed E-state index contributed by atoms with van der Waals surface area (Å²) >= 11 is 0. The van der Waals surface area contributed by atoms with Crippen LogP contribution in [0.1, 0.15) is 25.3 Å². The summed E-state index contributed by atoms with van der Waals surface area (Å²) < 4.78 is 45.1. The monoisotopic (exact) mass is 358 g/mol. The predicted octanol–water partition coefficient (Wildman–Crippen LogP) is 2.30. The summed E-state index contributed by atoms with van der Waals surface area (Å²) in [5.41, 5.74) is 0.526. The molecule has 0 unspecified atom stereocenters. The molecule has 0 spiro atoms. The fourth-order valence-electron chi connectivity index (χ4n) is 3.11. The average molecular weight is 358 g/mol. The summed E-state index contributed by atoms with van der Waals surface area (Å²) in [7, 11) is 1.44. The largest absolute Gasteiger partial charge is 0.496 e. The minimum absolute atomic E-state index is 0.155. The van der Waals surface area contributed by atoms with Gasteiger partial charge in [-0.1, -0.05) is 18.2 Å². The number of benzene rings is 1. The number of hydrogen-bond donors (Lipinski definition) is 1. The first-order valence-corrected chi connectivity index (χ1v) is 7.97. The van der Waals surface area contributed by atoms with Gasteiger partial charge in [0.15, 0.2) is 0 Å². The summed E-state index contributed by atoms with van der Waals surface area (Å²) in [6.07, 6.45) is -4.74. The summed E-state index contributed by atoms with van der Waals surface area (Å²) in [5.74, 6) is -0.510. The molecule has 2 amide bonds. The lowest BCUT2D eigenvalue weighted by Gasteiger charge is -2.40. The standard InChI is InChI=1S/C17H21F3N2O3/c1-11(23)21-13-7-8-15(17(18,19)20)22(10-13)16(24)9-12-5-3-4-6-14(12)25-2/h3-6,13,15H,7-10H2,1-2H3,(H,21,23)/t13-,15+/m0/s1. The molecule has 2 atom stereocenters. The molecule has 1 saturated heterocycles. The van der Waals surface area contributed by atoms with Crippen molar-refractivity contribution in [2.45, 2.75) is 44.4 Å². The van der Waals surface area contributed by atoms with Crippen LogP contribution in [0.5, 0.6) is 5.75 Å². The van der Waals surface area contributed by atoms with E-state index in [-0.39, 0.29) is 31.7 Å². The van der Waals surface area contributed by atoms with Crippen molar-refractivity contribution in [3.05, 3.63) is 29.8 Å². The van der Waals surface area contributed by atoms with Crippen molar-refractivity contribution in [2.75, 3.05) is 13.7 Å². The highest BCUT2D eigenvalue weighted by molar-refractivity contribution is 5.80. The van der Waals surface area contributed by atoms with Gasteiger partial charge in [-0.25, -0.2) is 0 Å². The van der Waals surface area contributed by atoms with Gasteiger partial charge in [0.1, 0.15) is 11.8 Å². The number of rotatable bonds is 4. The van der Waals surface area contributed by atoms with Crippen LogP contribution >= 0.6 is 0 Å². The van der Waals surface area contributed by atoms with E-state index in [0.29, 0.717) is 11.3 Å². The molecule has 1 aromatic carbocycles. The second-order valence-electron chi connectivity index (χ2n) is 6.07. The number of methoxy groups -OCH3 is 1. The number of halogens is 3. The number of carbonyl (C=O) groups is 2. The summed E-state index contributed by atoms with van der Waals surface area (Å²) in [5, 5.41) is 2.60. The Morgan fingerprint density at radius 2 is 1.96 bits per heavy atom. The first-order chi connectivity index (χ1) is 11.7. The van der Waals surface area contributed by atoms with Gasteiger partial charge in [0.25, 0.3) is 0 Å². The maximum atomic E-state index is 13.3. The van der Waals surface area contributed by atoms with Gasteiger partial charge in [0.05, 0.1) is 13.5 Å². The number of piperidine rings is 1. The third-order valence-corrected chi connectivity index (χ3v) is 4.22. The molecular weight excluding hydrogens is 337 g/mol. The second-order valence-corrected chi connectivity index (χ2v) is 6.07. The molecule has 5 nitrogen and oxygen atoms in total. The Balaban J connectivity index is 2.19. The zero-order valence-electron chi connectivity index (χ0n) is 14.1. The first kappa shape index (κ1) is 19.1. The summed E-state index contributed by atoms with van der Waals surface area (Å²) in [6, 6.07) is 4.41. The van der Waals surface area contributed by atoms with Crippen LogP contribution in [0.4, 0.5) is 13.2 Å². The summed E-state index contributed by atoms with van der Waals surface area (Å²) in [6.45, 7) is 1.15. The highest BCUT2D eigenvalue weighted by Crippen LogP contribution is 2.33. The van der Waals surface area contributed by atoms with Crippen molar-refractivity contribution in [3.8, 4) is 5.75 Å². The van der Waals surface area contributed by atoms with Crippen LogP contribution in [0.2, 0.25) is 0 Å². The predicted molar refractivity (Wildman–Crippen MR) is 85.1 cm³/mol. The van der Waals surface area contributed by atoms with Crippen LogP contribution in [-0.2, 0) is 16.0 Å². The van der Waals surface area contributed by atoms with E-state index in [1.165, 1.54) is 14.0 Å². The van der Waals surface area contributed by atoms with Crippen LogP contribution in [0.25, 0.3) is 0 Å². The number of nitrogens with zero attached hydrogens (tertiary/aromatic N) is 1. The molecule has 1 N–H and O–H groups in total. The van der Waals surface area contributed by atoms with Gasteiger partial charge < -0.3 is 15.0 Å². The fourth-order valence-corrected chi connectivity index (χ4v) is 3.11. The number of hydrogen-bond acceptors (Lipinski definition) is 3. The molecule has 0 bridgehead atoms. The van der Waals surface area contributed by atoms with Gasteiger partial charge >= 0.3 is 6.18 Å². The lowest BCUT2D eigenvalue weighted by molar-refractivity contribution is -0.197. The number of para-hydroxylation sites is 1. The fraction of sp³-hybridized carbons (Fsp3) is 0.529. The van der Waals surface area contributed by atoms with Crippen molar-refractivity contribution in [1.29, 1.82) is 0 Å². The van der Waals surface area contributed by atoms with Gasteiger partial charge in [0, 0.05) is 25.1 Å². The van der Waals surface area contributed by atoms with E-state index < -0.39 is 24.2 Å². The minimum atomic E-state index is -4.50. The lowest BCUT2D eigenvalue weighted by Crippen LogP contribution is -2.58. The molecular formula is C17H21F3N2O3. The third kappa shape index (κ3) is 4.87. The molecule has 138 valence electrons. The van der Waals surface area contributed by atoms with Crippen LogP contribution in [0.3, 0.4) is 0 Å². The van der Waals surface area contributed by atoms with Crippen LogP contribution in [0.15, 0.2) is 24.3 Å². The highest BCUT2D eigenvalue weighted by atomic mass is 19.4. The molecule has 8 heteroatoms. The van der Waals surface area contributed by atoms with E-state index in [4.69, 9.17) is 4.74 Å². The lowest BCUT2D eigenvalue weighted by atomic mass is 9.96. The maximum Gasteiger partial charge on any atom is 0.408 e. The molecule has 0 saturated carbocycles. The second kappa shape index (κ2) is 7.76. The normalized spacial score (nSPS) is 20.9. The SMILES string of the molecule is COc1ccccc1CC(=O)N1C[C@@H](NC(C)=O)CC[C@@H]1C(F)(F)F. The van der Waals surface area contributed by atoms with Crippen molar-refractivity contribution < 1.29 is 27.5 Å². The van der Waals surface area contributed by atoms with Gasteiger partial charge in [-0.15, -0.1) is 0 Å². The Morgan fingerprint density at radius 1 is 1.28 bits per heavy atom. The number of carbonyl (C=O) groups excluding carboxylic acids is 2. The van der Waals surface area contributed by atoms with Crippen molar-refractivity contribution in [1.82, 2.24) is 10.2 Å². The molecule has 1 aromatic rings. The Morgan fingerprint density at radius 3 is 2.56 bits per heavy atom. The number of likely N-dealkylation sites (tertiary alicyclic amines) is 1. The van der Waals surface area contributed by atoms with Crippen molar-refractivity contribution in [2.24, 2.45) is 0 Å². The Hall–Kier alpha value is -2.25. The summed E-state index contributed by atoms with van der Waals surface area (Å²) in [4.78, 5) is 24.6. The van der Waals surface area contributed by atoms with Gasteiger partial charge in [-0.3, -0.25) is 9.59 Å². The molecule has 0 aromatic heterocycles. The van der Waals surface area contributed by atoms with E-state index in [2.05, 4.69) is 5.32 Å². The van der Waals surface area contributed by atoms with Gasteiger partial charge in [-0.2, -0.15) is 13.2 Å². The average Bonchev–Trinajstić information content (AvgIpc) is 2.53. The van der Waals surface area contributed by atoms with Crippen LogP contribution in [0, 0.1) is 0 Å². The molecule has 1 heterocycles. The molecule has 25 heavy (non-hydrogen) atoms. The van der Waals surface area contributed by atoms with E-state index in [0.717, 1.165) is 4.90 Å². The molecule has 2 rings (SSSR count). The molecule has 1 aliphatic rings. The van der Waals surface area contributed by atoms with Crippen LogP contribution in [-0.4, -0.2) is 48.6 Å². The Labute approximate surface area is 144 Å². The zero-order chi connectivity index (χ0) is 18.6. The van der Waals surface area contributed by atoms with Crippen molar-refractivity contribution >= 4 is 11.8 Å². The molecule has 0 radical (unpaired) electrons. The highest BCUT2D eigenvalue weighted by Gasteiger charge is 2.48. The third-order valence-electron chi connectivity index (χ3n) is 4.22. The smallest absolute Gasteiger partial charge is 0.408 e. The topological polar surface area (TPSA) is 58.6 Å². The minimum Gasteiger partial charge on any atom is -0.496 e. The van der Waals surface area contributed by atoms with E-state index in [9.17, 15) is 22.8 Å². The van der Waals surface area contributed by atoms with Crippen molar-refractivity contribution in [3.63, 3.8) is 0 Å². The van der Waals surface area contributed by atoms with Gasteiger partial charge in [0.2, 0.25) is 11.8 Å². The maximum absolute atomic E-state index is 13.3. The van der Waals surface area contributed by atoms with Gasteiger partial charge in [-0.05, 0) is 18.9 Å². The number of amides is 2. The number of ether oxygens (including phenoxy) is 1. The van der Waals surface area contributed by atoms with E-state index in [1.807, 2.05) is 0 Å². The number of nitrogens with one attached hydrogen (secondary N) is 1. The van der Waals surface area contributed by atoms with E-state index >= 15 is 0 Å². The molecule has 1 aliphatic heterocycles. The Bertz CT molecular complexity index is 634. The Kier molecular flexibility index (Phi) is 5.92. The van der Waals surface area contributed by atoms with E-state index in [1.54, 1.807) is 24.3 Å². The number of alkyl halides is 3. The first-order valence-electron chi connectivity index (χ1n) is 7.97. The van der Waals surface area contributed by atoms with Crippen LogP contribution < -0.4 is 10.1 Å². The quantitative estimate of drug-likeness (QED) is 0.899.